The molecule has 0 amide bonds. The first kappa shape index (κ1) is 11.3. The summed E-state index contributed by atoms with van der Waals surface area (Å²) in [5, 5.41) is 1.47. The third-order valence-electron chi connectivity index (χ3n) is 2.21. The van der Waals surface area contributed by atoms with E-state index in [1.807, 2.05) is 32.9 Å². The van der Waals surface area contributed by atoms with Crippen molar-refractivity contribution in [1.29, 1.82) is 0 Å². The molecule has 0 aliphatic heterocycles. The van der Waals surface area contributed by atoms with Crippen LogP contribution in [0.25, 0.3) is 10.8 Å². The fourth-order valence-electron chi connectivity index (χ4n) is 1.40. The fraction of sp³-hybridized carbons (Fsp3) is 0.250. The molecule has 0 saturated carbocycles. The molecule has 0 saturated heterocycles. The van der Waals surface area contributed by atoms with Crippen LogP contribution < -0.4 is 11.3 Å². The monoisotopic (exact) mass is 204 g/mol. The molecule has 0 unspecified atom stereocenters. The van der Waals surface area contributed by atoms with Gasteiger partial charge in [0.05, 0.1) is 0 Å². The van der Waals surface area contributed by atoms with Crippen LogP contribution in [0.2, 0.25) is 0 Å². The van der Waals surface area contributed by atoms with E-state index in [0.29, 0.717) is 11.1 Å². The number of pyridine rings is 1. The van der Waals surface area contributed by atoms with Gasteiger partial charge in [-0.2, -0.15) is 0 Å². The van der Waals surface area contributed by atoms with Gasteiger partial charge in [0.15, 0.2) is 0 Å². The molecule has 2 rings (SSSR count). The molecule has 0 bridgehead atoms. The molecule has 3 nitrogen and oxygen atoms in total. The van der Waals surface area contributed by atoms with E-state index in [1.165, 1.54) is 0 Å². The van der Waals surface area contributed by atoms with Crippen molar-refractivity contribution in [3.63, 3.8) is 0 Å². The summed E-state index contributed by atoms with van der Waals surface area (Å²) in [7, 11) is 0. The van der Waals surface area contributed by atoms with E-state index in [2.05, 4.69) is 4.98 Å². The number of rotatable bonds is 0. The Labute approximate surface area is 88.9 Å². The number of aromatic nitrogens is 1. The first-order valence-corrected chi connectivity index (χ1v) is 5.06. The topological polar surface area (TPSA) is 58.9 Å². The van der Waals surface area contributed by atoms with Crippen LogP contribution in [0.3, 0.4) is 0 Å². The zero-order valence-corrected chi connectivity index (χ0v) is 9.29. The Morgan fingerprint density at radius 1 is 1.13 bits per heavy atom. The summed E-state index contributed by atoms with van der Waals surface area (Å²) in [5.41, 5.74) is 7.42. The second-order valence-electron chi connectivity index (χ2n) is 3.06. The highest BCUT2D eigenvalue weighted by Crippen LogP contribution is 2.20. The molecule has 0 radical (unpaired) electrons. The number of nitrogen functional groups attached to an aromatic ring is 1. The Morgan fingerprint density at radius 3 is 2.47 bits per heavy atom. The highest BCUT2D eigenvalue weighted by atomic mass is 16.1. The smallest absolute Gasteiger partial charge is 0.255 e. The SMILES string of the molecule is CC.Cc1ccc2c(=O)[nH]ccc2c1N. The Balaban J connectivity index is 0.000000531. The molecule has 15 heavy (non-hydrogen) atoms. The van der Waals surface area contributed by atoms with Crippen molar-refractivity contribution in [3.8, 4) is 0 Å². The minimum atomic E-state index is -0.0933. The number of fused-ring (bicyclic) bond motifs is 1. The number of hydrogen-bond donors (Lipinski definition) is 2. The molecule has 0 aliphatic rings. The van der Waals surface area contributed by atoms with E-state index in [-0.39, 0.29) is 5.56 Å². The van der Waals surface area contributed by atoms with Gasteiger partial charge in [-0.15, -0.1) is 0 Å². The molecule has 0 spiro atoms. The van der Waals surface area contributed by atoms with Gasteiger partial charge in [-0.3, -0.25) is 4.79 Å². The summed E-state index contributed by atoms with van der Waals surface area (Å²) in [6.45, 7) is 5.93. The summed E-state index contributed by atoms with van der Waals surface area (Å²) in [5.74, 6) is 0. The molecular formula is C12H16N2O. The largest absolute Gasteiger partial charge is 0.398 e. The van der Waals surface area contributed by atoms with Crippen molar-refractivity contribution in [1.82, 2.24) is 4.98 Å². The van der Waals surface area contributed by atoms with Gasteiger partial charge in [0, 0.05) is 22.7 Å². The Bertz CT molecular complexity index is 515. The zero-order valence-electron chi connectivity index (χ0n) is 9.29. The molecule has 1 heterocycles. The first-order chi connectivity index (χ1) is 7.20. The van der Waals surface area contributed by atoms with Crippen LogP contribution in [0.15, 0.2) is 29.2 Å². The van der Waals surface area contributed by atoms with E-state index in [4.69, 9.17) is 5.73 Å². The lowest BCUT2D eigenvalue weighted by Gasteiger charge is -2.03. The molecule has 0 fully saturated rings. The van der Waals surface area contributed by atoms with Crippen molar-refractivity contribution in [2.24, 2.45) is 0 Å². The summed E-state index contributed by atoms with van der Waals surface area (Å²) in [6.07, 6.45) is 1.61. The van der Waals surface area contributed by atoms with Gasteiger partial charge in [-0.1, -0.05) is 19.9 Å². The maximum atomic E-state index is 11.3. The fourth-order valence-corrected chi connectivity index (χ4v) is 1.40. The lowest BCUT2D eigenvalue weighted by Crippen LogP contribution is -2.05. The number of nitrogens with one attached hydrogen (secondary N) is 1. The predicted octanol–water partition coefficient (Wildman–Crippen LogP) is 2.44. The van der Waals surface area contributed by atoms with Crippen molar-refractivity contribution in [2.75, 3.05) is 5.73 Å². The van der Waals surface area contributed by atoms with Crippen LogP contribution in [0.5, 0.6) is 0 Å². The lowest BCUT2D eigenvalue weighted by atomic mass is 10.1. The van der Waals surface area contributed by atoms with Crippen molar-refractivity contribution in [2.45, 2.75) is 20.8 Å². The average Bonchev–Trinajstić information content (AvgIpc) is 2.27. The van der Waals surface area contributed by atoms with Gasteiger partial charge < -0.3 is 10.7 Å². The lowest BCUT2D eigenvalue weighted by molar-refractivity contribution is 1.27. The second kappa shape index (κ2) is 4.64. The quantitative estimate of drug-likeness (QED) is 0.647. The molecule has 3 N–H and O–H groups in total. The molecule has 80 valence electrons. The minimum Gasteiger partial charge on any atom is -0.398 e. The third kappa shape index (κ3) is 2.01. The van der Waals surface area contributed by atoms with Crippen LogP contribution in [-0.4, -0.2) is 4.98 Å². The summed E-state index contributed by atoms with van der Waals surface area (Å²) in [6, 6.07) is 5.46. The first-order valence-electron chi connectivity index (χ1n) is 5.06. The van der Waals surface area contributed by atoms with Crippen LogP contribution >= 0.6 is 0 Å². The van der Waals surface area contributed by atoms with Crippen molar-refractivity contribution >= 4 is 16.5 Å². The van der Waals surface area contributed by atoms with E-state index < -0.39 is 0 Å². The van der Waals surface area contributed by atoms with E-state index in [0.717, 1.165) is 10.9 Å². The van der Waals surface area contributed by atoms with E-state index >= 15 is 0 Å². The Morgan fingerprint density at radius 2 is 1.80 bits per heavy atom. The molecule has 1 aromatic carbocycles. The van der Waals surface area contributed by atoms with Crippen LogP contribution in [0, 0.1) is 6.92 Å². The number of anilines is 1. The van der Waals surface area contributed by atoms with Crippen LogP contribution in [0.1, 0.15) is 19.4 Å². The van der Waals surface area contributed by atoms with E-state index in [9.17, 15) is 4.79 Å². The predicted molar refractivity (Wildman–Crippen MR) is 65.1 cm³/mol. The van der Waals surface area contributed by atoms with Crippen molar-refractivity contribution in [3.05, 3.63) is 40.3 Å². The number of hydrogen-bond acceptors (Lipinski definition) is 2. The second-order valence-corrected chi connectivity index (χ2v) is 3.06. The van der Waals surface area contributed by atoms with Crippen LogP contribution in [0.4, 0.5) is 5.69 Å². The van der Waals surface area contributed by atoms with Gasteiger partial charge in [0.25, 0.3) is 5.56 Å². The number of benzene rings is 1. The molecular weight excluding hydrogens is 188 g/mol. The van der Waals surface area contributed by atoms with E-state index in [1.54, 1.807) is 12.3 Å². The van der Waals surface area contributed by atoms with Gasteiger partial charge in [-0.25, -0.2) is 0 Å². The Hall–Kier alpha value is -1.77. The average molecular weight is 204 g/mol. The van der Waals surface area contributed by atoms with Gasteiger partial charge in [0.1, 0.15) is 0 Å². The number of nitrogens with two attached hydrogens (primary N) is 1. The number of aromatic amines is 1. The summed E-state index contributed by atoms with van der Waals surface area (Å²) < 4.78 is 0. The number of H-pyrrole nitrogens is 1. The molecule has 0 atom stereocenters. The van der Waals surface area contributed by atoms with Gasteiger partial charge in [-0.05, 0) is 24.6 Å². The summed E-state index contributed by atoms with van der Waals surface area (Å²) in [4.78, 5) is 13.9. The maximum Gasteiger partial charge on any atom is 0.255 e. The highest BCUT2D eigenvalue weighted by molar-refractivity contribution is 5.93. The molecule has 3 heteroatoms. The highest BCUT2D eigenvalue weighted by Gasteiger charge is 2.02. The van der Waals surface area contributed by atoms with Crippen molar-refractivity contribution < 1.29 is 0 Å². The van der Waals surface area contributed by atoms with Gasteiger partial charge in [0.2, 0.25) is 0 Å². The standard InChI is InChI=1S/C10H10N2O.C2H6/c1-6-2-3-8-7(9(6)11)4-5-12-10(8)13;1-2/h2-5H,11H2,1H3,(H,12,13);1-2H3. The molecule has 2 aromatic rings. The van der Waals surface area contributed by atoms with Gasteiger partial charge >= 0.3 is 0 Å². The minimum absolute atomic E-state index is 0.0933. The normalized spacial score (nSPS) is 9.53. The molecule has 0 aliphatic carbocycles. The third-order valence-corrected chi connectivity index (χ3v) is 2.21. The zero-order chi connectivity index (χ0) is 11.4. The maximum absolute atomic E-state index is 11.3. The Kier molecular flexibility index (Phi) is 3.50. The van der Waals surface area contributed by atoms with Crippen LogP contribution in [-0.2, 0) is 0 Å². The number of aryl methyl sites for hydroxylation is 1. The summed E-state index contributed by atoms with van der Waals surface area (Å²) >= 11 is 0. The molecule has 1 aromatic heterocycles.